The van der Waals surface area contributed by atoms with E-state index < -0.39 is 18.1 Å². The number of amides is 2. The second-order valence-corrected chi connectivity index (χ2v) is 5.59. The Labute approximate surface area is 139 Å². The first kappa shape index (κ1) is 15.9. The highest BCUT2D eigenvalue weighted by atomic mass is 16.6. The van der Waals surface area contributed by atoms with Gasteiger partial charge in [-0.15, -0.1) is 0 Å². The summed E-state index contributed by atoms with van der Waals surface area (Å²) < 4.78 is 11.5. The van der Waals surface area contributed by atoms with Gasteiger partial charge in [0.05, 0.1) is 0 Å². The highest BCUT2D eigenvalue weighted by Gasteiger charge is 2.33. The van der Waals surface area contributed by atoms with Crippen molar-refractivity contribution in [1.82, 2.24) is 5.32 Å². The Morgan fingerprint density at radius 2 is 1.67 bits per heavy atom. The lowest BCUT2D eigenvalue weighted by molar-refractivity contribution is -0.133. The third-order valence-electron chi connectivity index (χ3n) is 3.81. The SMILES string of the molecule is CC1Oc2ccccc2OC1C(=O)NCc1ccc(C(N)=O)cc1. The van der Waals surface area contributed by atoms with Crippen LogP contribution in [0.5, 0.6) is 11.5 Å². The average Bonchev–Trinajstić information content (AvgIpc) is 2.59. The van der Waals surface area contributed by atoms with Crippen molar-refractivity contribution in [1.29, 1.82) is 0 Å². The van der Waals surface area contributed by atoms with Crippen molar-refractivity contribution in [2.75, 3.05) is 0 Å². The molecule has 6 heteroatoms. The lowest BCUT2D eigenvalue weighted by Crippen LogP contribution is -2.48. The zero-order valence-electron chi connectivity index (χ0n) is 13.2. The molecule has 24 heavy (non-hydrogen) atoms. The van der Waals surface area contributed by atoms with Gasteiger partial charge in [-0.05, 0) is 36.8 Å². The molecule has 0 aliphatic carbocycles. The van der Waals surface area contributed by atoms with Crippen LogP contribution in [0.2, 0.25) is 0 Å². The summed E-state index contributed by atoms with van der Waals surface area (Å²) in [4.78, 5) is 23.4. The Hall–Kier alpha value is -3.02. The monoisotopic (exact) mass is 326 g/mol. The summed E-state index contributed by atoms with van der Waals surface area (Å²) in [5.74, 6) is 0.458. The number of primary amides is 1. The molecule has 2 amide bonds. The van der Waals surface area contributed by atoms with Gasteiger partial charge in [0.15, 0.2) is 11.5 Å². The largest absolute Gasteiger partial charge is 0.482 e. The van der Waals surface area contributed by atoms with E-state index in [1.165, 1.54) is 0 Å². The van der Waals surface area contributed by atoms with Crippen LogP contribution in [0.15, 0.2) is 48.5 Å². The van der Waals surface area contributed by atoms with Gasteiger partial charge in [-0.2, -0.15) is 0 Å². The van der Waals surface area contributed by atoms with Crippen LogP contribution in [0.3, 0.4) is 0 Å². The van der Waals surface area contributed by atoms with Crippen LogP contribution in [0.4, 0.5) is 0 Å². The Bertz CT molecular complexity index is 758. The lowest BCUT2D eigenvalue weighted by Gasteiger charge is -2.31. The molecule has 2 aromatic carbocycles. The van der Waals surface area contributed by atoms with E-state index >= 15 is 0 Å². The molecule has 3 N–H and O–H groups in total. The Balaban J connectivity index is 1.62. The molecule has 1 heterocycles. The number of fused-ring (bicyclic) bond motifs is 1. The fourth-order valence-electron chi connectivity index (χ4n) is 2.48. The van der Waals surface area contributed by atoms with Gasteiger partial charge in [0.2, 0.25) is 12.0 Å². The fourth-order valence-corrected chi connectivity index (χ4v) is 2.48. The number of ether oxygens (including phenoxy) is 2. The molecule has 0 radical (unpaired) electrons. The van der Waals surface area contributed by atoms with Crippen molar-refractivity contribution >= 4 is 11.8 Å². The van der Waals surface area contributed by atoms with E-state index in [9.17, 15) is 9.59 Å². The normalized spacial score (nSPS) is 18.7. The van der Waals surface area contributed by atoms with Crippen molar-refractivity contribution in [2.45, 2.75) is 25.7 Å². The third-order valence-corrected chi connectivity index (χ3v) is 3.81. The molecule has 0 fully saturated rings. The standard InChI is InChI=1S/C18H18N2O4/c1-11-16(24-15-5-3-2-4-14(15)23-11)18(22)20-10-12-6-8-13(9-7-12)17(19)21/h2-9,11,16H,10H2,1H3,(H2,19,21)(H,20,22). The average molecular weight is 326 g/mol. The van der Waals surface area contributed by atoms with Crippen LogP contribution in [-0.2, 0) is 11.3 Å². The molecular formula is C18H18N2O4. The van der Waals surface area contributed by atoms with Crippen molar-refractivity contribution in [3.05, 3.63) is 59.7 Å². The summed E-state index contributed by atoms with van der Waals surface area (Å²) in [6.45, 7) is 2.12. The molecule has 2 aromatic rings. The van der Waals surface area contributed by atoms with Gasteiger partial charge in [0, 0.05) is 12.1 Å². The predicted octanol–water partition coefficient (Wildman–Crippen LogP) is 1.63. The van der Waals surface area contributed by atoms with E-state index in [4.69, 9.17) is 15.2 Å². The van der Waals surface area contributed by atoms with Gasteiger partial charge >= 0.3 is 0 Å². The van der Waals surface area contributed by atoms with Crippen LogP contribution in [0.25, 0.3) is 0 Å². The second-order valence-electron chi connectivity index (χ2n) is 5.59. The van der Waals surface area contributed by atoms with Crippen molar-refractivity contribution in [2.24, 2.45) is 5.73 Å². The Kier molecular flexibility index (Phi) is 4.37. The number of nitrogens with two attached hydrogens (primary N) is 1. The maximum Gasteiger partial charge on any atom is 0.265 e. The molecule has 0 saturated heterocycles. The molecule has 3 rings (SSSR count). The predicted molar refractivity (Wildman–Crippen MR) is 87.8 cm³/mol. The van der Waals surface area contributed by atoms with Gasteiger partial charge in [-0.3, -0.25) is 9.59 Å². The minimum Gasteiger partial charge on any atom is -0.482 e. The number of carbonyl (C=O) groups is 2. The molecule has 124 valence electrons. The summed E-state index contributed by atoms with van der Waals surface area (Å²) in [6.07, 6.45) is -1.11. The van der Waals surface area contributed by atoms with Crippen molar-refractivity contribution in [3.8, 4) is 11.5 Å². The summed E-state index contributed by atoms with van der Waals surface area (Å²) in [5.41, 5.74) is 6.49. The van der Waals surface area contributed by atoms with Gasteiger partial charge in [-0.1, -0.05) is 24.3 Å². The molecule has 0 spiro atoms. The number of rotatable bonds is 4. The molecule has 1 aliphatic heterocycles. The number of hydrogen-bond donors (Lipinski definition) is 2. The zero-order chi connectivity index (χ0) is 17.1. The topological polar surface area (TPSA) is 90.7 Å². The van der Waals surface area contributed by atoms with E-state index in [1.54, 1.807) is 43.3 Å². The summed E-state index contributed by atoms with van der Waals surface area (Å²) in [5, 5.41) is 2.82. The highest BCUT2D eigenvalue weighted by Crippen LogP contribution is 2.33. The number of hydrogen-bond acceptors (Lipinski definition) is 4. The van der Waals surface area contributed by atoms with E-state index in [-0.39, 0.29) is 5.91 Å². The lowest BCUT2D eigenvalue weighted by atomic mass is 10.1. The quantitative estimate of drug-likeness (QED) is 0.893. The second kappa shape index (κ2) is 6.62. The van der Waals surface area contributed by atoms with Crippen LogP contribution in [0, 0.1) is 0 Å². The summed E-state index contributed by atoms with van der Waals surface area (Å²) >= 11 is 0. The molecular weight excluding hydrogens is 308 g/mol. The minimum atomic E-state index is -0.718. The first-order chi connectivity index (χ1) is 11.5. The molecule has 1 aliphatic rings. The van der Waals surface area contributed by atoms with Gasteiger partial charge < -0.3 is 20.5 Å². The first-order valence-electron chi connectivity index (χ1n) is 7.63. The van der Waals surface area contributed by atoms with Crippen LogP contribution in [-0.4, -0.2) is 24.0 Å². The number of carbonyl (C=O) groups excluding carboxylic acids is 2. The number of nitrogens with one attached hydrogen (secondary N) is 1. The highest BCUT2D eigenvalue weighted by molar-refractivity contribution is 5.92. The maximum absolute atomic E-state index is 12.4. The fraction of sp³-hybridized carbons (Fsp3) is 0.222. The molecule has 6 nitrogen and oxygen atoms in total. The number of benzene rings is 2. The van der Waals surface area contributed by atoms with E-state index in [0.717, 1.165) is 5.56 Å². The molecule has 0 aromatic heterocycles. The molecule has 0 saturated carbocycles. The maximum atomic E-state index is 12.4. The smallest absolute Gasteiger partial charge is 0.265 e. The molecule has 0 bridgehead atoms. The minimum absolute atomic E-state index is 0.254. The first-order valence-corrected chi connectivity index (χ1v) is 7.63. The van der Waals surface area contributed by atoms with Gasteiger partial charge in [0.25, 0.3) is 5.91 Å². The zero-order valence-corrected chi connectivity index (χ0v) is 13.2. The van der Waals surface area contributed by atoms with Crippen LogP contribution < -0.4 is 20.5 Å². The molecule has 2 unspecified atom stereocenters. The number of para-hydroxylation sites is 2. The summed E-state index contributed by atoms with van der Waals surface area (Å²) in [7, 11) is 0. The van der Waals surface area contributed by atoms with Crippen molar-refractivity contribution in [3.63, 3.8) is 0 Å². The third kappa shape index (κ3) is 3.32. The van der Waals surface area contributed by atoms with Gasteiger partial charge in [0.1, 0.15) is 6.10 Å². The van der Waals surface area contributed by atoms with Crippen molar-refractivity contribution < 1.29 is 19.1 Å². The van der Waals surface area contributed by atoms with E-state index in [2.05, 4.69) is 5.32 Å². The van der Waals surface area contributed by atoms with E-state index in [0.29, 0.717) is 23.6 Å². The molecule has 2 atom stereocenters. The Morgan fingerprint density at radius 1 is 1.04 bits per heavy atom. The van der Waals surface area contributed by atoms with E-state index in [1.807, 2.05) is 12.1 Å². The Morgan fingerprint density at radius 3 is 2.29 bits per heavy atom. The van der Waals surface area contributed by atoms with Crippen LogP contribution in [0.1, 0.15) is 22.8 Å². The summed E-state index contributed by atoms with van der Waals surface area (Å²) in [6, 6.07) is 14.0. The van der Waals surface area contributed by atoms with Gasteiger partial charge in [-0.25, -0.2) is 0 Å². The van der Waals surface area contributed by atoms with Crippen LogP contribution >= 0.6 is 0 Å².